The molecular weight excluding hydrogens is 202 g/mol. The van der Waals surface area contributed by atoms with Crippen molar-refractivity contribution in [3.05, 3.63) is 36.5 Å². The van der Waals surface area contributed by atoms with E-state index in [1.54, 1.807) is 0 Å². The van der Waals surface area contributed by atoms with Gasteiger partial charge in [-0.1, -0.05) is 0 Å². The van der Waals surface area contributed by atoms with Crippen LogP contribution < -0.4 is 4.90 Å². The molecule has 1 saturated heterocycles. The maximum absolute atomic E-state index is 5.47. The molecule has 1 unspecified atom stereocenters. The van der Waals surface area contributed by atoms with Crippen LogP contribution in [-0.4, -0.2) is 22.6 Å². The number of rotatable bonds is 1. The number of hydrogen-bond donors (Lipinski definition) is 1. The van der Waals surface area contributed by atoms with Gasteiger partial charge in [0, 0.05) is 24.2 Å². The van der Waals surface area contributed by atoms with Gasteiger partial charge in [0.05, 0.1) is 17.9 Å². The Bertz CT molecular complexity index is 587. The van der Waals surface area contributed by atoms with Crippen molar-refractivity contribution in [3.63, 3.8) is 0 Å². The van der Waals surface area contributed by atoms with Gasteiger partial charge in [0.15, 0.2) is 0 Å². The van der Waals surface area contributed by atoms with E-state index in [2.05, 4.69) is 27.1 Å². The second kappa shape index (κ2) is 2.78. The summed E-state index contributed by atoms with van der Waals surface area (Å²) in [6.07, 6.45) is 6.95. The topological polar surface area (TPSA) is 41.1 Å². The van der Waals surface area contributed by atoms with Gasteiger partial charge in [0.1, 0.15) is 18.0 Å². The first-order chi connectivity index (χ1) is 7.90. The lowest BCUT2D eigenvalue weighted by Crippen LogP contribution is -2.29. The molecule has 0 amide bonds. The fourth-order valence-corrected chi connectivity index (χ4v) is 2.44. The minimum Gasteiger partial charge on any atom is -0.494 e. The van der Waals surface area contributed by atoms with Crippen molar-refractivity contribution in [2.24, 2.45) is 0 Å². The predicted molar refractivity (Wildman–Crippen MR) is 61.0 cm³/mol. The number of anilines is 1. The predicted octanol–water partition coefficient (Wildman–Crippen LogP) is 2.01. The standard InChI is InChI=1S/C12H11N3O/c1-2-13-12-8(1)3-9(5-14-12)15-6-11-4-10(15)7-16-11/h1-3,5-6,10H,4,7H2,(H,13,14). The van der Waals surface area contributed by atoms with Crippen LogP contribution in [0.25, 0.3) is 11.0 Å². The van der Waals surface area contributed by atoms with Crippen molar-refractivity contribution >= 4 is 16.7 Å². The molecule has 1 N–H and O–H groups in total. The number of aromatic nitrogens is 2. The summed E-state index contributed by atoms with van der Waals surface area (Å²) >= 11 is 0. The molecule has 0 aliphatic carbocycles. The van der Waals surface area contributed by atoms with Gasteiger partial charge < -0.3 is 14.6 Å². The zero-order valence-electron chi connectivity index (χ0n) is 8.68. The first kappa shape index (κ1) is 8.21. The molecule has 2 bridgehead atoms. The van der Waals surface area contributed by atoms with Gasteiger partial charge in [0.2, 0.25) is 0 Å². The van der Waals surface area contributed by atoms with Crippen LogP contribution in [0, 0.1) is 0 Å². The van der Waals surface area contributed by atoms with E-state index < -0.39 is 0 Å². The van der Waals surface area contributed by atoms with Gasteiger partial charge >= 0.3 is 0 Å². The molecule has 2 aromatic rings. The van der Waals surface area contributed by atoms with Gasteiger partial charge in [-0.15, -0.1) is 0 Å². The Hall–Kier alpha value is -1.97. The van der Waals surface area contributed by atoms with E-state index in [0.29, 0.717) is 6.04 Å². The third-order valence-corrected chi connectivity index (χ3v) is 3.26. The Morgan fingerprint density at radius 1 is 1.50 bits per heavy atom. The van der Waals surface area contributed by atoms with Crippen LogP contribution in [0.4, 0.5) is 5.69 Å². The summed E-state index contributed by atoms with van der Waals surface area (Å²) in [4.78, 5) is 9.77. The van der Waals surface area contributed by atoms with Gasteiger partial charge in [-0.25, -0.2) is 4.98 Å². The number of aromatic amines is 1. The first-order valence-electron chi connectivity index (χ1n) is 5.45. The van der Waals surface area contributed by atoms with E-state index >= 15 is 0 Å². The lowest BCUT2D eigenvalue weighted by molar-refractivity contribution is 0.243. The second-order valence-electron chi connectivity index (χ2n) is 4.28. The van der Waals surface area contributed by atoms with Crippen LogP contribution in [0.15, 0.2) is 36.5 Å². The Balaban J connectivity index is 1.82. The molecule has 0 aromatic carbocycles. The fourth-order valence-electron chi connectivity index (χ4n) is 2.44. The summed E-state index contributed by atoms with van der Waals surface area (Å²) in [5.74, 6) is 1.10. The number of nitrogens with zero attached hydrogens (tertiary/aromatic N) is 2. The van der Waals surface area contributed by atoms with E-state index in [-0.39, 0.29) is 0 Å². The monoisotopic (exact) mass is 213 g/mol. The SMILES string of the molecule is C1=C2CC(CO2)N1c1cnc2[nH]ccc2c1. The second-order valence-corrected chi connectivity index (χ2v) is 4.28. The molecule has 2 aromatic heterocycles. The number of fused-ring (bicyclic) bond motifs is 3. The maximum Gasteiger partial charge on any atom is 0.137 e. The van der Waals surface area contributed by atoms with Crippen LogP contribution in [-0.2, 0) is 4.74 Å². The Morgan fingerprint density at radius 2 is 2.50 bits per heavy atom. The highest BCUT2D eigenvalue weighted by atomic mass is 16.5. The van der Waals surface area contributed by atoms with Crippen molar-refractivity contribution < 1.29 is 4.74 Å². The molecule has 1 fully saturated rings. The molecule has 16 heavy (non-hydrogen) atoms. The molecule has 4 nitrogen and oxygen atoms in total. The molecule has 2 aliphatic heterocycles. The van der Waals surface area contributed by atoms with Crippen LogP contribution in [0.3, 0.4) is 0 Å². The van der Waals surface area contributed by atoms with E-state index in [4.69, 9.17) is 4.74 Å². The average Bonchev–Trinajstić information content (AvgIpc) is 3.03. The summed E-state index contributed by atoms with van der Waals surface area (Å²) in [6, 6.07) is 4.67. The molecule has 0 radical (unpaired) electrons. The largest absolute Gasteiger partial charge is 0.494 e. The molecule has 0 spiro atoms. The van der Waals surface area contributed by atoms with Crippen molar-refractivity contribution in [3.8, 4) is 0 Å². The summed E-state index contributed by atoms with van der Waals surface area (Å²) < 4.78 is 5.47. The van der Waals surface area contributed by atoms with Crippen LogP contribution in [0.1, 0.15) is 6.42 Å². The smallest absolute Gasteiger partial charge is 0.137 e. The lowest BCUT2D eigenvalue weighted by atomic mass is 10.2. The van der Waals surface area contributed by atoms with E-state index in [1.165, 1.54) is 0 Å². The van der Waals surface area contributed by atoms with Crippen molar-refractivity contribution in [1.82, 2.24) is 9.97 Å². The van der Waals surface area contributed by atoms with Crippen molar-refractivity contribution in [2.75, 3.05) is 11.5 Å². The van der Waals surface area contributed by atoms with Gasteiger partial charge in [0.25, 0.3) is 0 Å². The Labute approximate surface area is 92.5 Å². The Kier molecular flexibility index (Phi) is 1.43. The normalized spacial score (nSPS) is 22.6. The molecule has 4 heteroatoms. The first-order valence-corrected chi connectivity index (χ1v) is 5.45. The highest BCUT2D eigenvalue weighted by molar-refractivity contribution is 5.79. The minimum atomic E-state index is 0.466. The lowest BCUT2D eigenvalue weighted by Gasteiger charge is -2.24. The van der Waals surface area contributed by atoms with Crippen LogP contribution in [0.5, 0.6) is 0 Å². The third kappa shape index (κ3) is 1.01. The zero-order chi connectivity index (χ0) is 10.5. The van der Waals surface area contributed by atoms with Crippen LogP contribution in [0.2, 0.25) is 0 Å². The fraction of sp³-hybridized carbons (Fsp3) is 0.250. The van der Waals surface area contributed by atoms with E-state index in [0.717, 1.165) is 35.5 Å². The van der Waals surface area contributed by atoms with Crippen LogP contribution >= 0.6 is 0 Å². The molecular formula is C12H11N3O. The maximum atomic E-state index is 5.47. The molecule has 4 heterocycles. The molecule has 80 valence electrons. The highest BCUT2D eigenvalue weighted by Crippen LogP contribution is 2.34. The van der Waals surface area contributed by atoms with Crippen molar-refractivity contribution in [2.45, 2.75) is 12.5 Å². The summed E-state index contributed by atoms with van der Waals surface area (Å²) in [6.45, 7) is 0.803. The van der Waals surface area contributed by atoms with E-state index in [1.807, 2.05) is 18.5 Å². The zero-order valence-corrected chi connectivity index (χ0v) is 8.68. The summed E-state index contributed by atoms with van der Waals surface area (Å²) in [5, 5.41) is 1.15. The molecule has 0 saturated carbocycles. The molecule has 4 rings (SSSR count). The van der Waals surface area contributed by atoms with Gasteiger partial charge in [-0.05, 0) is 12.1 Å². The minimum absolute atomic E-state index is 0.466. The number of hydrogen-bond acceptors (Lipinski definition) is 3. The Morgan fingerprint density at radius 3 is 3.31 bits per heavy atom. The number of H-pyrrole nitrogens is 1. The molecule has 1 atom stereocenters. The number of pyridine rings is 1. The quantitative estimate of drug-likeness (QED) is 0.787. The van der Waals surface area contributed by atoms with E-state index in [9.17, 15) is 0 Å². The summed E-state index contributed by atoms with van der Waals surface area (Å²) in [7, 11) is 0. The average molecular weight is 213 g/mol. The number of nitrogens with one attached hydrogen (secondary N) is 1. The highest BCUT2D eigenvalue weighted by Gasteiger charge is 2.33. The number of ether oxygens (including phenoxy) is 1. The summed E-state index contributed by atoms with van der Waals surface area (Å²) in [5.41, 5.74) is 2.09. The van der Waals surface area contributed by atoms with Crippen molar-refractivity contribution in [1.29, 1.82) is 0 Å². The van der Waals surface area contributed by atoms with Gasteiger partial charge in [-0.2, -0.15) is 0 Å². The van der Waals surface area contributed by atoms with Gasteiger partial charge in [-0.3, -0.25) is 0 Å². The third-order valence-electron chi connectivity index (χ3n) is 3.26. The molecule has 2 aliphatic rings.